The molecule has 19 heavy (non-hydrogen) atoms. The van der Waals surface area contributed by atoms with Crippen LogP contribution in [0, 0.1) is 5.92 Å². The largest absolute Gasteiger partial charge is 0.161 e. The lowest BCUT2D eigenvalue weighted by atomic mass is 9.79. The van der Waals surface area contributed by atoms with Crippen molar-refractivity contribution < 1.29 is 0 Å². The van der Waals surface area contributed by atoms with E-state index in [1.54, 1.807) is 0 Å². The summed E-state index contributed by atoms with van der Waals surface area (Å²) in [7, 11) is 0. The Morgan fingerprint density at radius 1 is 0.632 bits per heavy atom. The van der Waals surface area contributed by atoms with Crippen LogP contribution in [0.2, 0.25) is 0 Å². The van der Waals surface area contributed by atoms with E-state index in [2.05, 4.69) is 18.7 Å². The molecule has 0 atom stereocenters. The summed E-state index contributed by atoms with van der Waals surface area (Å²) in [5, 5.41) is 0. The van der Waals surface area contributed by atoms with E-state index >= 15 is 0 Å². The average Bonchev–Trinajstić information content (AvgIpc) is 2.49. The fraction of sp³-hybridized carbons (Fsp3) is 0.778. The zero-order valence-electron chi connectivity index (χ0n) is 12.5. The van der Waals surface area contributed by atoms with Gasteiger partial charge in [0, 0.05) is 0 Å². The third-order valence-electron chi connectivity index (χ3n) is 5.43. The van der Waals surface area contributed by atoms with Gasteiger partial charge in [-0.15, -0.1) is 0 Å². The van der Waals surface area contributed by atoms with Gasteiger partial charge in [-0.25, -0.2) is 0 Å². The molecular weight excluding hydrogens is 248 g/mol. The van der Waals surface area contributed by atoms with Gasteiger partial charge < -0.3 is 0 Å². The molecule has 0 spiro atoms. The SMILES string of the molecule is CC1CCC(=C2CCC(=C3CCSCC3)CC2)CC1. The number of rotatable bonds is 0. The van der Waals surface area contributed by atoms with E-state index in [0.717, 1.165) is 5.92 Å². The van der Waals surface area contributed by atoms with E-state index in [1.807, 2.05) is 22.3 Å². The predicted octanol–water partition coefficient (Wildman–Crippen LogP) is 5.89. The Hall–Kier alpha value is -0.170. The molecule has 0 unspecified atom stereocenters. The molecule has 1 aliphatic heterocycles. The van der Waals surface area contributed by atoms with Crippen LogP contribution in [-0.2, 0) is 0 Å². The Kier molecular flexibility index (Phi) is 4.73. The molecule has 106 valence electrons. The summed E-state index contributed by atoms with van der Waals surface area (Å²) >= 11 is 2.14. The minimum Gasteiger partial charge on any atom is -0.161 e. The van der Waals surface area contributed by atoms with Crippen LogP contribution in [0.15, 0.2) is 22.3 Å². The molecule has 0 aromatic heterocycles. The van der Waals surface area contributed by atoms with Crippen LogP contribution in [0.1, 0.15) is 71.1 Å². The van der Waals surface area contributed by atoms with Crippen LogP contribution in [-0.4, -0.2) is 11.5 Å². The van der Waals surface area contributed by atoms with Crippen molar-refractivity contribution in [2.75, 3.05) is 11.5 Å². The maximum atomic E-state index is 2.42. The Balaban J connectivity index is 1.61. The number of allylic oxidation sites excluding steroid dienone is 4. The molecule has 2 aliphatic carbocycles. The first-order chi connectivity index (χ1) is 9.33. The molecule has 0 bridgehead atoms. The van der Waals surface area contributed by atoms with E-state index in [4.69, 9.17) is 0 Å². The monoisotopic (exact) mass is 276 g/mol. The fourth-order valence-corrected chi connectivity index (χ4v) is 4.98. The lowest BCUT2D eigenvalue weighted by molar-refractivity contribution is 0.437. The zero-order chi connectivity index (χ0) is 13.1. The van der Waals surface area contributed by atoms with Crippen LogP contribution < -0.4 is 0 Å². The van der Waals surface area contributed by atoms with Crippen molar-refractivity contribution in [2.24, 2.45) is 5.92 Å². The molecule has 3 fully saturated rings. The Bertz CT molecular complexity index is 358. The Morgan fingerprint density at radius 3 is 1.58 bits per heavy atom. The van der Waals surface area contributed by atoms with Crippen molar-refractivity contribution in [1.82, 2.24) is 0 Å². The van der Waals surface area contributed by atoms with E-state index in [9.17, 15) is 0 Å². The highest BCUT2D eigenvalue weighted by Crippen LogP contribution is 2.39. The van der Waals surface area contributed by atoms with Crippen LogP contribution >= 0.6 is 11.8 Å². The summed E-state index contributed by atoms with van der Waals surface area (Å²) in [4.78, 5) is 0. The second-order valence-electron chi connectivity index (χ2n) is 6.71. The molecular formula is C18H28S. The van der Waals surface area contributed by atoms with Crippen LogP contribution in [0.5, 0.6) is 0 Å². The van der Waals surface area contributed by atoms with Gasteiger partial charge in [0.25, 0.3) is 0 Å². The van der Waals surface area contributed by atoms with Crippen LogP contribution in [0.3, 0.4) is 0 Å². The normalized spacial score (nSPS) is 29.8. The standard InChI is InChI=1S/C18H28S/c1-14-2-4-15(5-3-14)16-6-8-17(9-7-16)18-10-12-19-13-11-18/h14H,2-13H2,1H3. The third-order valence-corrected chi connectivity index (χ3v) is 6.42. The Labute approximate surface area is 123 Å². The first-order valence-electron chi connectivity index (χ1n) is 8.30. The molecule has 3 rings (SSSR count). The highest BCUT2D eigenvalue weighted by atomic mass is 32.2. The van der Waals surface area contributed by atoms with E-state index in [1.165, 1.54) is 75.7 Å². The number of thioether (sulfide) groups is 1. The fourth-order valence-electron chi connectivity index (χ4n) is 4.00. The van der Waals surface area contributed by atoms with Gasteiger partial charge in [0.1, 0.15) is 0 Å². The number of hydrogen-bond donors (Lipinski definition) is 0. The van der Waals surface area contributed by atoms with Crippen molar-refractivity contribution >= 4 is 11.8 Å². The van der Waals surface area contributed by atoms with Crippen molar-refractivity contribution in [3.8, 4) is 0 Å². The van der Waals surface area contributed by atoms with Gasteiger partial charge in [-0.1, -0.05) is 29.2 Å². The first kappa shape index (κ1) is 13.8. The lowest BCUT2D eigenvalue weighted by Crippen LogP contribution is -2.10. The molecule has 0 N–H and O–H groups in total. The van der Waals surface area contributed by atoms with Gasteiger partial charge in [0.05, 0.1) is 0 Å². The highest BCUT2D eigenvalue weighted by molar-refractivity contribution is 7.99. The first-order valence-corrected chi connectivity index (χ1v) is 9.45. The molecule has 0 amide bonds. The molecule has 0 radical (unpaired) electrons. The van der Waals surface area contributed by atoms with Crippen LogP contribution in [0.25, 0.3) is 0 Å². The zero-order valence-corrected chi connectivity index (χ0v) is 13.3. The quantitative estimate of drug-likeness (QED) is 0.497. The van der Waals surface area contributed by atoms with Crippen LogP contribution in [0.4, 0.5) is 0 Å². The minimum atomic E-state index is 0.977. The smallest absolute Gasteiger partial charge is 0.00300 e. The molecule has 1 heterocycles. The maximum absolute atomic E-state index is 2.42. The van der Waals surface area contributed by atoms with E-state index in [-0.39, 0.29) is 0 Å². The van der Waals surface area contributed by atoms with Gasteiger partial charge >= 0.3 is 0 Å². The molecule has 1 saturated heterocycles. The van der Waals surface area contributed by atoms with Gasteiger partial charge in [-0.05, 0) is 81.6 Å². The van der Waals surface area contributed by atoms with Gasteiger partial charge in [-0.3, -0.25) is 0 Å². The van der Waals surface area contributed by atoms with E-state index < -0.39 is 0 Å². The van der Waals surface area contributed by atoms with Gasteiger partial charge in [0.15, 0.2) is 0 Å². The Morgan fingerprint density at radius 2 is 1.05 bits per heavy atom. The summed E-state index contributed by atoms with van der Waals surface area (Å²) in [6.07, 6.45) is 14.1. The molecule has 0 aromatic carbocycles. The molecule has 3 aliphatic rings. The number of hydrogen-bond acceptors (Lipinski definition) is 1. The average molecular weight is 276 g/mol. The summed E-state index contributed by atoms with van der Waals surface area (Å²) in [5.74, 6) is 3.74. The summed E-state index contributed by atoms with van der Waals surface area (Å²) in [6.45, 7) is 2.42. The summed E-state index contributed by atoms with van der Waals surface area (Å²) < 4.78 is 0. The molecule has 1 heteroatoms. The minimum absolute atomic E-state index is 0.977. The highest BCUT2D eigenvalue weighted by Gasteiger charge is 2.20. The topological polar surface area (TPSA) is 0 Å². The molecule has 2 saturated carbocycles. The van der Waals surface area contributed by atoms with Crippen molar-refractivity contribution in [3.05, 3.63) is 22.3 Å². The summed E-state index contributed by atoms with van der Waals surface area (Å²) in [6, 6.07) is 0. The summed E-state index contributed by atoms with van der Waals surface area (Å²) in [5.41, 5.74) is 7.43. The second kappa shape index (κ2) is 6.52. The van der Waals surface area contributed by atoms with Gasteiger partial charge in [0.2, 0.25) is 0 Å². The lowest BCUT2D eigenvalue weighted by Gasteiger charge is -2.28. The molecule has 0 aromatic rings. The second-order valence-corrected chi connectivity index (χ2v) is 7.93. The third kappa shape index (κ3) is 3.48. The van der Waals surface area contributed by atoms with E-state index in [0.29, 0.717) is 0 Å². The predicted molar refractivity (Wildman–Crippen MR) is 86.7 cm³/mol. The van der Waals surface area contributed by atoms with Gasteiger partial charge in [-0.2, -0.15) is 11.8 Å². The maximum Gasteiger partial charge on any atom is -0.00300 e. The van der Waals surface area contributed by atoms with Crippen molar-refractivity contribution in [3.63, 3.8) is 0 Å². The van der Waals surface area contributed by atoms with Crippen molar-refractivity contribution in [2.45, 2.75) is 71.1 Å². The molecule has 0 nitrogen and oxygen atoms in total. The van der Waals surface area contributed by atoms with Crippen molar-refractivity contribution in [1.29, 1.82) is 0 Å².